The molecule has 0 saturated carbocycles. The first-order valence-electron chi connectivity index (χ1n) is 8.16. The summed E-state index contributed by atoms with van der Waals surface area (Å²) in [6, 6.07) is 3.88. The molecule has 0 bridgehead atoms. The Hall–Kier alpha value is -2.32. The second-order valence-corrected chi connectivity index (χ2v) is 8.09. The Balaban J connectivity index is 1.53. The van der Waals surface area contributed by atoms with Crippen LogP contribution in [-0.2, 0) is 19.4 Å². The minimum absolute atomic E-state index is 0.0136. The third-order valence-electron chi connectivity index (χ3n) is 4.46. The Morgan fingerprint density at radius 1 is 1.28 bits per heavy atom. The van der Waals surface area contributed by atoms with Gasteiger partial charge in [0.25, 0.3) is 5.56 Å². The van der Waals surface area contributed by atoms with Crippen LogP contribution < -0.4 is 5.56 Å². The molecule has 1 aliphatic carbocycles. The zero-order chi connectivity index (χ0) is 16.8. The van der Waals surface area contributed by atoms with E-state index in [0.717, 1.165) is 34.4 Å². The molecule has 25 heavy (non-hydrogen) atoms. The van der Waals surface area contributed by atoms with E-state index in [0.29, 0.717) is 11.7 Å². The number of fused-ring (bicyclic) bond motifs is 3. The molecular weight excluding hydrogens is 356 g/mol. The molecule has 0 unspecified atom stereocenters. The SMILES string of the molecule is O=c1c2c3c(sc2ncn1Cc1nc(-c2cccs2)no1)CCCC3. The minimum atomic E-state index is -0.0136. The maximum Gasteiger partial charge on any atom is 0.262 e. The zero-order valence-electron chi connectivity index (χ0n) is 13.3. The summed E-state index contributed by atoms with van der Waals surface area (Å²) in [6.45, 7) is 0.241. The third-order valence-corrected chi connectivity index (χ3v) is 6.52. The first-order valence-corrected chi connectivity index (χ1v) is 9.85. The monoisotopic (exact) mass is 370 g/mol. The van der Waals surface area contributed by atoms with Crippen molar-refractivity contribution >= 4 is 32.9 Å². The molecule has 4 heterocycles. The van der Waals surface area contributed by atoms with Crippen LogP contribution in [0.5, 0.6) is 0 Å². The van der Waals surface area contributed by atoms with Crippen molar-refractivity contribution in [1.82, 2.24) is 19.7 Å². The second-order valence-electron chi connectivity index (χ2n) is 6.06. The molecule has 0 radical (unpaired) electrons. The van der Waals surface area contributed by atoms with Crippen molar-refractivity contribution in [3.63, 3.8) is 0 Å². The van der Waals surface area contributed by atoms with Crippen molar-refractivity contribution in [3.8, 4) is 10.7 Å². The number of hydrogen-bond donors (Lipinski definition) is 0. The van der Waals surface area contributed by atoms with Crippen LogP contribution in [0, 0.1) is 0 Å². The Morgan fingerprint density at radius 2 is 2.20 bits per heavy atom. The summed E-state index contributed by atoms with van der Waals surface area (Å²) in [5.74, 6) is 0.968. The van der Waals surface area contributed by atoms with Crippen LogP contribution in [0.2, 0.25) is 0 Å². The molecule has 5 rings (SSSR count). The molecule has 8 heteroatoms. The zero-order valence-corrected chi connectivity index (χ0v) is 14.9. The summed E-state index contributed by atoms with van der Waals surface area (Å²) in [5, 5.41) is 6.74. The van der Waals surface area contributed by atoms with Gasteiger partial charge in [-0.25, -0.2) is 4.98 Å². The first-order chi connectivity index (χ1) is 12.3. The maximum atomic E-state index is 12.9. The summed E-state index contributed by atoms with van der Waals surface area (Å²) in [6.07, 6.45) is 5.95. The smallest absolute Gasteiger partial charge is 0.262 e. The number of aromatic nitrogens is 4. The van der Waals surface area contributed by atoms with Gasteiger partial charge in [0.05, 0.1) is 16.6 Å². The fourth-order valence-electron chi connectivity index (χ4n) is 3.26. The molecule has 0 fully saturated rings. The van der Waals surface area contributed by atoms with Gasteiger partial charge in [0, 0.05) is 4.88 Å². The van der Waals surface area contributed by atoms with E-state index in [1.165, 1.54) is 16.9 Å². The Bertz CT molecular complexity index is 1110. The van der Waals surface area contributed by atoms with Crippen LogP contribution in [0.25, 0.3) is 20.9 Å². The summed E-state index contributed by atoms with van der Waals surface area (Å²) in [5.41, 5.74) is 1.18. The van der Waals surface area contributed by atoms with E-state index in [-0.39, 0.29) is 12.1 Å². The average Bonchev–Trinajstić information content (AvgIpc) is 3.36. The normalized spacial score (nSPS) is 14.1. The largest absolute Gasteiger partial charge is 0.337 e. The molecule has 0 spiro atoms. The third kappa shape index (κ3) is 2.52. The van der Waals surface area contributed by atoms with Gasteiger partial charge >= 0.3 is 0 Å². The van der Waals surface area contributed by atoms with E-state index in [1.54, 1.807) is 33.6 Å². The highest BCUT2D eigenvalue weighted by Gasteiger charge is 2.20. The van der Waals surface area contributed by atoms with Crippen molar-refractivity contribution in [3.05, 3.63) is 50.5 Å². The number of rotatable bonds is 3. The van der Waals surface area contributed by atoms with Crippen LogP contribution in [0.1, 0.15) is 29.2 Å². The number of nitrogens with zero attached hydrogens (tertiary/aromatic N) is 4. The van der Waals surface area contributed by atoms with Crippen molar-refractivity contribution in [2.45, 2.75) is 32.2 Å². The molecule has 0 aliphatic heterocycles. The number of thiophene rings is 2. The molecule has 4 aromatic rings. The standard InChI is InChI=1S/C17H14N4O2S2/c22-17-14-10-4-1-2-5-11(10)25-16(14)18-9-21(17)8-13-19-15(20-23-13)12-6-3-7-24-12/h3,6-7,9H,1-2,4-5,8H2. The second kappa shape index (κ2) is 5.89. The van der Waals surface area contributed by atoms with Crippen molar-refractivity contribution < 1.29 is 4.52 Å². The molecule has 1 aliphatic rings. The van der Waals surface area contributed by atoms with E-state index in [1.807, 2.05) is 17.5 Å². The Kier molecular flexibility index (Phi) is 3.53. The van der Waals surface area contributed by atoms with E-state index in [4.69, 9.17) is 4.52 Å². The van der Waals surface area contributed by atoms with Gasteiger partial charge in [-0.1, -0.05) is 11.2 Å². The maximum absolute atomic E-state index is 12.9. The van der Waals surface area contributed by atoms with Gasteiger partial charge in [-0.2, -0.15) is 4.98 Å². The molecule has 6 nitrogen and oxygen atoms in total. The predicted molar refractivity (Wildman–Crippen MR) is 97.2 cm³/mol. The van der Waals surface area contributed by atoms with Gasteiger partial charge in [0.15, 0.2) is 0 Å². The fraction of sp³-hybridized carbons (Fsp3) is 0.294. The van der Waals surface area contributed by atoms with Crippen LogP contribution >= 0.6 is 22.7 Å². The summed E-state index contributed by atoms with van der Waals surface area (Å²) in [4.78, 5) is 24.9. The van der Waals surface area contributed by atoms with E-state index in [9.17, 15) is 4.79 Å². The lowest BCUT2D eigenvalue weighted by Crippen LogP contribution is -2.21. The molecule has 0 amide bonds. The number of aryl methyl sites for hydroxylation is 2. The van der Waals surface area contributed by atoms with Crippen molar-refractivity contribution in [2.75, 3.05) is 0 Å². The van der Waals surface area contributed by atoms with Crippen LogP contribution in [-0.4, -0.2) is 19.7 Å². The lowest BCUT2D eigenvalue weighted by atomic mass is 9.97. The molecular formula is C17H14N4O2S2. The molecule has 0 atom stereocenters. The lowest BCUT2D eigenvalue weighted by Gasteiger charge is -2.10. The molecule has 0 N–H and O–H groups in total. The lowest BCUT2D eigenvalue weighted by molar-refractivity contribution is 0.370. The van der Waals surface area contributed by atoms with E-state index < -0.39 is 0 Å². The molecule has 0 aromatic carbocycles. The van der Waals surface area contributed by atoms with Gasteiger partial charge in [-0.3, -0.25) is 9.36 Å². The highest BCUT2D eigenvalue weighted by molar-refractivity contribution is 7.18. The van der Waals surface area contributed by atoms with E-state index >= 15 is 0 Å². The quantitative estimate of drug-likeness (QED) is 0.552. The van der Waals surface area contributed by atoms with Gasteiger partial charge in [-0.05, 0) is 42.7 Å². The summed E-state index contributed by atoms with van der Waals surface area (Å²) in [7, 11) is 0. The molecule has 4 aromatic heterocycles. The van der Waals surface area contributed by atoms with Crippen LogP contribution in [0.4, 0.5) is 0 Å². The summed E-state index contributed by atoms with van der Waals surface area (Å²) >= 11 is 3.21. The van der Waals surface area contributed by atoms with E-state index in [2.05, 4.69) is 15.1 Å². The number of hydrogen-bond acceptors (Lipinski definition) is 7. The predicted octanol–water partition coefficient (Wildman–Crippen LogP) is 3.50. The van der Waals surface area contributed by atoms with Gasteiger partial charge in [0.1, 0.15) is 11.4 Å². The van der Waals surface area contributed by atoms with Crippen LogP contribution in [0.3, 0.4) is 0 Å². The minimum Gasteiger partial charge on any atom is -0.337 e. The topological polar surface area (TPSA) is 73.8 Å². The molecule has 126 valence electrons. The van der Waals surface area contributed by atoms with Crippen LogP contribution in [0.15, 0.2) is 33.2 Å². The van der Waals surface area contributed by atoms with Gasteiger partial charge < -0.3 is 4.52 Å². The Morgan fingerprint density at radius 3 is 3.08 bits per heavy atom. The fourth-order valence-corrected chi connectivity index (χ4v) is 5.13. The van der Waals surface area contributed by atoms with Crippen molar-refractivity contribution in [2.24, 2.45) is 0 Å². The average molecular weight is 370 g/mol. The van der Waals surface area contributed by atoms with Gasteiger partial charge in [0.2, 0.25) is 11.7 Å². The first kappa shape index (κ1) is 15.0. The highest BCUT2D eigenvalue weighted by Crippen LogP contribution is 2.33. The van der Waals surface area contributed by atoms with Crippen molar-refractivity contribution in [1.29, 1.82) is 0 Å². The summed E-state index contributed by atoms with van der Waals surface area (Å²) < 4.78 is 6.88. The van der Waals surface area contributed by atoms with Gasteiger partial charge in [-0.15, -0.1) is 22.7 Å². The molecule has 0 saturated heterocycles. The highest BCUT2D eigenvalue weighted by atomic mass is 32.1. The Labute approximate surface area is 150 Å².